The van der Waals surface area contributed by atoms with Crippen molar-refractivity contribution in [3.8, 4) is 0 Å². The molecule has 0 radical (unpaired) electrons. The van der Waals surface area contributed by atoms with Gasteiger partial charge in [0.1, 0.15) is 0 Å². The van der Waals surface area contributed by atoms with Gasteiger partial charge in [0.15, 0.2) is 0 Å². The maximum absolute atomic E-state index is 12.5. The van der Waals surface area contributed by atoms with E-state index in [1.807, 2.05) is 6.92 Å². The molecule has 34 heavy (non-hydrogen) atoms. The standard InChI is InChI=1S/C30H48O4/c1-26(2)20-9-7-18-17-27(3)14-11-22-29(5,16-13-24(32)30(22,6)25(33)34)21(27)10-8-19(18)28(20,4)15-12-23(26)31/h7,19-24,31-32H,8-17H2,1-6H3,(H,33,34)/t19-,20-,21-,22+,23?,24?,27-,28+,29+,30+/m0/s1. The second-order valence-corrected chi connectivity index (χ2v) is 14.7. The molecule has 0 amide bonds. The molecular weight excluding hydrogens is 424 g/mol. The summed E-state index contributed by atoms with van der Waals surface area (Å²) in [6, 6.07) is 0. The van der Waals surface area contributed by atoms with Gasteiger partial charge < -0.3 is 15.3 Å². The minimum atomic E-state index is -1.05. The smallest absolute Gasteiger partial charge is 0.312 e. The van der Waals surface area contributed by atoms with Crippen molar-refractivity contribution in [1.29, 1.82) is 0 Å². The lowest BCUT2D eigenvalue weighted by atomic mass is 9.41. The van der Waals surface area contributed by atoms with Crippen LogP contribution in [0.15, 0.2) is 11.6 Å². The van der Waals surface area contributed by atoms with Crippen molar-refractivity contribution < 1.29 is 20.1 Å². The molecule has 2 unspecified atom stereocenters. The Morgan fingerprint density at radius 1 is 0.794 bits per heavy atom. The molecule has 0 aromatic rings. The maximum Gasteiger partial charge on any atom is 0.312 e. The first kappa shape index (κ1) is 24.8. The average Bonchev–Trinajstić information content (AvgIpc) is 2.91. The van der Waals surface area contributed by atoms with Crippen LogP contribution in [-0.4, -0.2) is 33.5 Å². The van der Waals surface area contributed by atoms with Crippen molar-refractivity contribution in [2.45, 2.75) is 118 Å². The predicted molar refractivity (Wildman–Crippen MR) is 134 cm³/mol. The van der Waals surface area contributed by atoms with E-state index in [2.05, 4.69) is 40.7 Å². The van der Waals surface area contributed by atoms with Crippen LogP contribution in [0, 0.1) is 50.7 Å². The first-order chi connectivity index (χ1) is 15.7. The first-order valence-corrected chi connectivity index (χ1v) is 14.0. The van der Waals surface area contributed by atoms with Gasteiger partial charge in [-0.3, -0.25) is 4.79 Å². The van der Waals surface area contributed by atoms with Crippen LogP contribution in [0.4, 0.5) is 0 Å². The Morgan fingerprint density at radius 3 is 2.12 bits per heavy atom. The third kappa shape index (κ3) is 3.06. The highest BCUT2D eigenvalue weighted by Crippen LogP contribution is 2.70. The minimum Gasteiger partial charge on any atom is -0.481 e. The number of carbonyl (C=O) groups is 1. The molecule has 0 bridgehead atoms. The summed E-state index contributed by atoms with van der Waals surface area (Å²) in [6.45, 7) is 13.8. The Kier molecular flexibility index (Phi) is 5.52. The second kappa shape index (κ2) is 7.57. The fraction of sp³-hybridized carbons (Fsp3) is 0.900. The van der Waals surface area contributed by atoms with E-state index in [9.17, 15) is 20.1 Å². The van der Waals surface area contributed by atoms with Gasteiger partial charge in [0.25, 0.3) is 0 Å². The van der Waals surface area contributed by atoms with Gasteiger partial charge in [-0.25, -0.2) is 0 Å². The number of rotatable bonds is 1. The SMILES string of the molecule is CC1(C)C(O)CC[C@]2(C)[C@H]3CC[C@H]4[C@@](C)(CC[C@@H]5[C@]4(C)CCC(O)[C@]5(C)C(=O)O)CC3=CC[C@@H]12. The molecule has 0 aliphatic heterocycles. The zero-order chi connectivity index (χ0) is 24.9. The van der Waals surface area contributed by atoms with Gasteiger partial charge in [-0.05, 0) is 116 Å². The molecule has 0 saturated heterocycles. The average molecular weight is 473 g/mol. The highest BCUT2D eigenvalue weighted by molar-refractivity contribution is 5.76. The lowest BCUT2D eigenvalue weighted by molar-refractivity contribution is -0.199. The summed E-state index contributed by atoms with van der Waals surface area (Å²) in [5, 5.41) is 32.0. The van der Waals surface area contributed by atoms with Crippen molar-refractivity contribution in [2.24, 2.45) is 50.7 Å². The highest BCUT2D eigenvalue weighted by Gasteiger charge is 2.65. The number of aliphatic hydroxyl groups is 2. The van der Waals surface area contributed by atoms with Crippen molar-refractivity contribution >= 4 is 5.97 Å². The molecule has 0 heterocycles. The number of carboxylic acids is 1. The summed E-state index contributed by atoms with van der Waals surface area (Å²) >= 11 is 0. The number of aliphatic hydroxyl groups excluding tert-OH is 2. The summed E-state index contributed by atoms with van der Waals surface area (Å²) < 4.78 is 0. The van der Waals surface area contributed by atoms with Crippen molar-refractivity contribution in [3.05, 3.63) is 11.6 Å². The molecule has 4 saturated carbocycles. The van der Waals surface area contributed by atoms with E-state index in [4.69, 9.17) is 0 Å². The van der Waals surface area contributed by atoms with Crippen LogP contribution >= 0.6 is 0 Å². The zero-order valence-electron chi connectivity index (χ0n) is 22.4. The molecule has 10 atom stereocenters. The molecule has 0 aromatic carbocycles. The van der Waals surface area contributed by atoms with Crippen LogP contribution < -0.4 is 0 Å². The van der Waals surface area contributed by atoms with Gasteiger partial charge in [0, 0.05) is 0 Å². The number of allylic oxidation sites excluding steroid dienone is 2. The van der Waals surface area contributed by atoms with E-state index in [1.165, 1.54) is 6.42 Å². The summed E-state index contributed by atoms with van der Waals surface area (Å²) in [4.78, 5) is 12.5. The normalized spacial score (nSPS) is 54.4. The quantitative estimate of drug-likeness (QED) is 0.397. The van der Waals surface area contributed by atoms with Gasteiger partial charge >= 0.3 is 5.97 Å². The van der Waals surface area contributed by atoms with Crippen LogP contribution in [0.3, 0.4) is 0 Å². The molecule has 3 N–H and O–H groups in total. The second-order valence-electron chi connectivity index (χ2n) is 14.7. The predicted octanol–water partition coefficient (Wildman–Crippen LogP) is 6.20. The Morgan fingerprint density at radius 2 is 1.44 bits per heavy atom. The van der Waals surface area contributed by atoms with Crippen LogP contribution in [0.25, 0.3) is 0 Å². The topological polar surface area (TPSA) is 77.8 Å². The Bertz CT molecular complexity index is 892. The van der Waals surface area contributed by atoms with E-state index < -0.39 is 17.5 Å². The van der Waals surface area contributed by atoms with E-state index in [1.54, 1.807) is 5.57 Å². The molecule has 0 aromatic heterocycles. The van der Waals surface area contributed by atoms with Gasteiger partial charge in [0.2, 0.25) is 0 Å². The molecule has 4 nitrogen and oxygen atoms in total. The van der Waals surface area contributed by atoms with Gasteiger partial charge in [-0.1, -0.05) is 46.3 Å². The molecular formula is C30H48O4. The number of hydrogen-bond acceptors (Lipinski definition) is 3. The number of hydrogen-bond donors (Lipinski definition) is 3. The number of fused-ring (bicyclic) bond motifs is 6. The maximum atomic E-state index is 12.5. The zero-order valence-corrected chi connectivity index (χ0v) is 22.4. The van der Waals surface area contributed by atoms with Crippen molar-refractivity contribution in [1.82, 2.24) is 0 Å². The number of aliphatic carboxylic acids is 1. The fourth-order valence-electron chi connectivity index (χ4n) is 10.9. The monoisotopic (exact) mass is 472 g/mol. The van der Waals surface area contributed by atoms with E-state index in [0.29, 0.717) is 24.2 Å². The van der Waals surface area contributed by atoms with Gasteiger partial charge in [-0.15, -0.1) is 0 Å². The van der Waals surface area contributed by atoms with Crippen LogP contribution in [-0.2, 0) is 4.79 Å². The molecule has 0 spiro atoms. The molecule has 192 valence electrons. The third-order valence-electron chi connectivity index (χ3n) is 13.0. The lowest BCUT2D eigenvalue weighted by Gasteiger charge is -2.63. The summed E-state index contributed by atoms with van der Waals surface area (Å²) in [7, 11) is 0. The minimum absolute atomic E-state index is 0.0283. The Hall–Kier alpha value is -0.870. The highest BCUT2D eigenvalue weighted by atomic mass is 16.4. The molecule has 4 fully saturated rings. The number of carboxylic acid groups (broad SMARTS) is 1. The van der Waals surface area contributed by atoms with E-state index in [-0.39, 0.29) is 33.7 Å². The van der Waals surface area contributed by atoms with Gasteiger partial charge in [-0.2, -0.15) is 0 Å². The molecule has 4 heteroatoms. The first-order valence-electron chi connectivity index (χ1n) is 14.0. The van der Waals surface area contributed by atoms with Crippen molar-refractivity contribution in [3.63, 3.8) is 0 Å². The van der Waals surface area contributed by atoms with E-state index in [0.717, 1.165) is 51.4 Å². The Balaban J connectivity index is 1.51. The third-order valence-corrected chi connectivity index (χ3v) is 13.0. The molecule has 5 rings (SSSR count). The van der Waals surface area contributed by atoms with Gasteiger partial charge in [0.05, 0.1) is 17.6 Å². The Labute approximate surface area is 206 Å². The molecule has 5 aliphatic rings. The largest absolute Gasteiger partial charge is 0.481 e. The molecule has 5 aliphatic carbocycles. The fourth-order valence-corrected chi connectivity index (χ4v) is 10.9. The van der Waals surface area contributed by atoms with Crippen molar-refractivity contribution in [2.75, 3.05) is 0 Å². The van der Waals surface area contributed by atoms with E-state index >= 15 is 0 Å². The van der Waals surface area contributed by atoms with Crippen LogP contribution in [0.2, 0.25) is 0 Å². The van der Waals surface area contributed by atoms with Crippen LogP contribution in [0.1, 0.15) is 106 Å². The summed E-state index contributed by atoms with van der Waals surface area (Å²) in [6.07, 6.45) is 11.7. The summed E-state index contributed by atoms with van der Waals surface area (Å²) in [5.41, 5.74) is 0.936. The lowest BCUT2D eigenvalue weighted by Crippen LogP contribution is -2.61. The summed E-state index contributed by atoms with van der Waals surface area (Å²) in [5.74, 6) is 0.778. The van der Waals surface area contributed by atoms with Crippen LogP contribution in [0.5, 0.6) is 0 Å².